The minimum atomic E-state index is -0.914. The van der Waals surface area contributed by atoms with Crippen molar-refractivity contribution in [2.24, 2.45) is 11.8 Å². The third-order valence-corrected chi connectivity index (χ3v) is 8.82. The third-order valence-electron chi connectivity index (χ3n) is 7.08. The SMILES string of the molecule is COc1ccc(N2CC=C[C@]34S[C@H]5/C=C\CCCOC(=O)[C@H]5[C@H]3C(=O)N(CCO)C4C2=O)cc1. The van der Waals surface area contributed by atoms with Crippen LogP contribution in [-0.4, -0.2) is 77.2 Å². The van der Waals surface area contributed by atoms with Crippen LogP contribution in [0.5, 0.6) is 5.75 Å². The number of aliphatic hydroxyl groups is 1. The Hall–Kier alpha value is -2.78. The molecule has 2 saturated heterocycles. The fourth-order valence-electron chi connectivity index (χ4n) is 5.60. The average molecular weight is 485 g/mol. The maximum Gasteiger partial charge on any atom is 0.311 e. The molecular weight excluding hydrogens is 456 g/mol. The van der Waals surface area contributed by atoms with Crippen molar-refractivity contribution in [3.63, 3.8) is 0 Å². The smallest absolute Gasteiger partial charge is 0.311 e. The van der Waals surface area contributed by atoms with Crippen molar-refractivity contribution in [2.45, 2.75) is 28.9 Å². The highest BCUT2D eigenvalue weighted by Gasteiger charge is 2.70. The van der Waals surface area contributed by atoms with E-state index in [1.807, 2.05) is 36.4 Å². The molecule has 5 atom stereocenters. The van der Waals surface area contributed by atoms with E-state index >= 15 is 0 Å². The molecule has 9 heteroatoms. The summed E-state index contributed by atoms with van der Waals surface area (Å²) < 4.78 is 9.86. The Kier molecular flexibility index (Phi) is 6.16. The maximum atomic E-state index is 14.1. The van der Waals surface area contributed by atoms with Crippen molar-refractivity contribution in [3.05, 3.63) is 48.6 Å². The minimum Gasteiger partial charge on any atom is -0.497 e. The number of hydrogen-bond donors (Lipinski definition) is 1. The average Bonchev–Trinajstić information content (AvgIpc) is 3.24. The number of methoxy groups -OCH3 is 1. The van der Waals surface area contributed by atoms with E-state index in [2.05, 4.69) is 0 Å². The van der Waals surface area contributed by atoms with Gasteiger partial charge in [-0.25, -0.2) is 0 Å². The van der Waals surface area contributed by atoms with Crippen molar-refractivity contribution in [3.8, 4) is 5.75 Å². The van der Waals surface area contributed by atoms with Crippen molar-refractivity contribution in [2.75, 3.05) is 38.3 Å². The molecular formula is C25H28N2O6S. The molecule has 4 heterocycles. The lowest BCUT2D eigenvalue weighted by Gasteiger charge is -2.35. The maximum absolute atomic E-state index is 14.1. The van der Waals surface area contributed by atoms with Crippen LogP contribution in [0.4, 0.5) is 5.69 Å². The number of fused-ring (bicyclic) bond motifs is 2. The van der Waals surface area contributed by atoms with Crippen LogP contribution in [-0.2, 0) is 19.1 Å². The van der Waals surface area contributed by atoms with E-state index < -0.39 is 22.6 Å². The van der Waals surface area contributed by atoms with E-state index in [9.17, 15) is 19.5 Å². The number of thioether (sulfide) groups is 1. The Bertz CT molecular complexity index is 1040. The molecule has 1 N–H and O–H groups in total. The van der Waals surface area contributed by atoms with Crippen molar-refractivity contribution in [1.82, 2.24) is 4.90 Å². The number of esters is 1. The molecule has 1 spiro atoms. The molecule has 0 bridgehead atoms. The van der Waals surface area contributed by atoms with Crippen LogP contribution in [0.2, 0.25) is 0 Å². The first-order chi connectivity index (χ1) is 16.5. The van der Waals surface area contributed by atoms with Gasteiger partial charge in [-0.05, 0) is 37.1 Å². The fourth-order valence-corrected chi connectivity index (χ4v) is 7.60. The summed E-state index contributed by atoms with van der Waals surface area (Å²) in [6.45, 7) is 0.413. The molecule has 0 saturated carbocycles. The van der Waals surface area contributed by atoms with Gasteiger partial charge in [-0.15, -0.1) is 11.8 Å². The largest absolute Gasteiger partial charge is 0.497 e. The Labute approximate surface area is 202 Å². The molecule has 180 valence electrons. The molecule has 8 nitrogen and oxygen atoms in total. The molecule has 5 rings (SSSR count). The van der Waals surface area contributed by atoms with E-state index in [0.717, 1.165) is 12.8 Å². The number of amides is 2. The second-order valence-corrected chi connectivity index (χ2v) is 10.4. The van der Waals surface area contributed by atoms with Crippen LogP contribution in [0.25, 0.3) is 0 Å². The lowest BCUT2D eigenvalue weighted by Crippen LogP contribution is -2.53. The van der Waals surface area contributed by atoms with E-state index in [0.29, 0.717) is 24.6 Å². The van der Waals surface area contributed by atoms with Gasteiger partial charge in [0.05, 0.1) is 36.9 Å². The number of ether oxygens (including phenoxy) is 2. The van der Waals surface area contributed by atoms with E-state index in [1.54, 1.807) is 24.1 Å². The van der Waals surface area contributed by atoms with E-state index in [4.69, 9.17) is 9.47 Å². The topological polar surface area (TPSA) is 96.4 Å². The van der Waals surface area contributed by atoms with E-state index in [-0.39, 0.29) is 36.2 Å². The number of benzene rings is 1. The normalized spacial score (nSPS) is 33.8. The third kappa shape index (κ3) is 3.53. The number of aliphatic hydroxyl groups excluding tert-OH is 1. The number of nitrogens with zero attached hydrogens (tertiary/aromatic N) is 2. The van der Waals surface area contributed by atoms with Gasteiger partial charge >= 0.3 is 5.97 Å². The summed E-state index contributed by atoms with van der Waals surface area (Å²) in [6, 6.07) is 6.37. The van der Waals surface area contributed by atoms with Gasteiger partial charge in [-0.1, -0.05) is 24.3 Å². The molecule has 2 fully saturated rings. The summed E-state index contributed by atoms with van der Waals surface area (Å²) in [5.41, 5.74) is 0.692. The molecule has 4 aliphatic rings. The lowest BCUT2D eigenvalue weighted by atomic mass is 9.78. The van der Waals surface area contributed by atoms with Gasteiger partial charge in [0.25, 0.3) is 5.91 Å². The summed E-state index contributed by atoms with van der Waals surface area (Å²) in [4.78, 5) is 44.0. The van der Waals surface area contributed by atoms with Crippen LogP contribution >= 0.6 is 11.8 Å². The van der Waals surface area contributed by atoms with Gasteiger partial charge in [-0.2, -0.15) is 0 Å². The molecule has 0 radical (unpaired) electrons. The van der Waals surface area contributed by atoms with Crippen LogP contribution in [0.1, 0.15) is 12.8 Å². The quantitative estimate of drug-likeness (QED) is 0.514. The Morgan fingerprint density at radius 1 is 1.18 bits per heavy atom. The number of likely N-dealkylation sites (tertiary alicyclic amines) is 1. The zero-order valence-electron chi connectivity index (χ0n) is 19.0. The van der Waals surface area contributed by atoms with Gasteiger partial charge in [0.15, 0.2) is 0 Å². The second kappa shape index (κ2) is 9.11. The van der Waals surface area contributed by atoms with Gasteiger partial charge in [-0.3, -0.25) is 14.4 Å². The zero-order valence-corrected chi connectivity index (χ0v) is 19.8. The van der Waals surface area contributed by atoms with Crippen LogP contribution in [0.3, 0.4) is 0 Å². The molecule has 1 aromatic rings. The predicted octanol–water partition coefficient (Wildman–Crippen LogP) is 1.78. The number of anilines is 1. The number of β-amino-alcohol motifs (C(OH)–C–C–N with tert-alkyl or cyclic N) is 1. The standard InChI is InChI=1S/C25H28N2O6S/c1-32-17-9-7-16(8-10-17)26-12-5-11-25-20(22(29)27(13-14-28)21(25)23(26)30)19-18(34-25)6-3-2-4-15-33-24(19)31/h3,5-11,18-21,28H,2,4,12-15H2,1H3/b6-3-/t18-,19+,20-,21?,25-/m0/s1. The first-order valence-electron chi connectivity index (χ1n) is 11.6. The summed E-state index contributed by atoms with van der Waals surface area (Å²) in [6.07, 6.45) is 9.44. The number of carbonyl (C=O) groups is 3. The molecule has 4 aliphatic heterocycles. The summed E-state index contributed by atoms with van der Waals surface area (Å²) in [5, 5.41) is 9.48. The van der Waals surface area contributed by atoms with Crippen LogP contribution in [0, 0.1) is 11.8 Å². The number of carbonyl (C=O) groups excluding carboxylic acids is 3. The number of cyclic esters (lactones) is 1. The highest BCUT2D eigenvalue weighted by atomic mass is 32.2. The summed E-state index contributed by atoms with van der Waals surface area (Å²) >= 11 is 1.50. The van der Waals surface area contributed by atoms with Gasteiger partial charge in [0, 0.05) is 24.0 Å². The highest BCUT2D eigenvalue weighted by Crippen LogP contribution is 2.60. The number of allylic oxidation sites excluding steroid dienone is 1. The molecule has 1 unspecified atom stereocenters. The van der Waals surface area contributed by atoms with Gasteiger partial charge < -0.3 is 24.4 Å². The van der Waals surface area contributed by atoms with Crippen molar-refractivity contribution < 1.29 is 29.0 Å². The Balaban J connectivity index is 1.58. The second-order valence-electron chi connectivity index (χ2n) is 8.88. The molecule has 34 heavy (non-hydrogen) atoms. The van der Waals surface area contributed by atoms with Crippen LogP contribution < -0.4 is 9.64 Å². The summed E-state index contributed by atoms with van der Waals surface area (Å²) in [5.74, 6) is -1.62. The molecule has 1 aromatic carbocycles. The van der Waals surface area contributed by atoms with Crippen molar-refractivity contribution >= 4 is 35.2 Å². The minimum absolute atomic E-state index is 0.0284. The zero-order chi connectivity index (χ0) is 23.9. The first kappa shape index (κ1) is 23.0. The van der Waals surface area contributed by atoms with Crippen molar-refractivity contribution in [1.29, 1.82) is 0 Å². The monoisotopic (exact) mass is 484 g/mol. The fraction of sp³-hybridized carbons (Fsp3) is 0.480. The Morgan fingerprint density at radius 3 is 2.71 bits per heavy atom. The van der Waals surface area contributed by atoms with Crippen LogP contribution in [0.15, 0.2) is 48.6 Å². The first-order valence-corrected chi connectivity index (χ1v) is 12.5. The predicted molar refractivity (Wildman–Crippen MR) is 127 cm³/mol. The van der Waals surface area contributed by atoms with Gasteiger partial charge in [0.1, 0.15) is 11.8 Å². The molecule has 0 aliphatic carbocycles. The summed E-state index contributed by atoms with van der Waals surface area (Å²) in [7, 11) is 1.58. The molecule has 2 amide bonds. The molecule has 0 aromatic heterocycles. The van der Waals surface area contributed by atoms with Gasteiger partial charge in [0.2, 0.25) is 5.91 Å². The number of rotatable bonds is 4. The highest BCUT2D eigenvalue weighted by molar-refractivity contribution is 8.02. The number of hydrogen-bond acceptors (Lipinski definition) is 7. The Morgan fingerprint density at radius 2 is 1.97 bits per heavy atom. The van der Waals surface area contributed by atoms with E-state index in [1.165, 1.54) is 16.7 Å². The lowest BCUT2D eigenvalue weighted by molar-refractivity contribution is -0.153.